The van der Waals surface area contributed by atoms with Crippen molar-refractivity contribution >= 4 is 11.6 Å². The molecule has 1 atom stereocenters. The molecule has 0 bridgehead atoms. The number of anilines is 1. The highest BCUT2D eigenvalue weighted by Gasteiger charge is 2.34. The van der Waals surface area contributed by atoms with Gasteiger partial charge in [-0.15, -0.1) is 0 Å². The lowest BCUT2D eigenvalue weighted by Crippen LogP contribution is -2.30. The summed E-state index contributed by atoms with van der Waals surface area (Å²) >= 11 is 0. The Morgan fingerprint density at radius 1 is 1.35 bits per heavy atom. The third kappa shape index (κ3) is 4.23. The van der Waals surface area contributed by atoms with Crippen LogP contribution in [-0.2, 0) is 22.6 Å². The molecule has 1 amide bonds. The van der Waals surface area contributed by atoms with Gasteiger partial charge in [0.15, 0.2) is 0 Å². The Bertz CT molecular complexity index is 583. The van der Waals surface area contributed by atoms with Gasteiger partial charge in [-0.05, 0) is 29.5 Å². The quantitative estimate of drug-likeness (QED) is 0.924. The molecule has 0 radical (unpaired) electrons. The zero-order valence-electron chi connectivity index (χ0n) is 12.7. The molecule has 0 saturated carbocycles. The van der Waals surface area contributed by atoms with Crippen LogP contribution in [0.25, 0.3) is 0 Å². The third-order valence-electron chi connectivity index (χ3n) is 4.22. The van der Waals surface area contributed by atoms with Gasteiger partial charge in [0, 0.05) is 38.4 Å². The molecule has 0 spiro atoms. The van der Waals surface area contributed by atoms with E-state index in [1.54, 1.807) is 12.1 Å². The normalized spacial score (nSPS) is 21.4. The second-order valence-electron chi connectivity index (χ2n) is 6.19. The van der Waals surface area contributed by atoms with Gasteiger partial charge in [0.25, 0.3) is 0 Å². The number of carbonyl (C=O) groups is 1. The van der Waals surface area contributed by atoms with Gasteiger partial charge in [-0.2, -0.15) is 13.2 Å². The molecule has 1 N–H and O–H groups in total. The first kappa shape index (κ1) is 16.3. The number of halogens is 3. The van der Waals surface area contributed by atoms with Crippen LogP contribution in [-0.4, -0.2) is 36.7 Å². The highest BCUT2D eigenvalue weighted by atomic mass is 19.4. The maximum Gasteiger partial charge on any atom is 0.401 e. The predicted octanol–water partition coefficient (Wildman–Crippen LogP) is 2.93. The monoisotopic (exact) mass is 328 g/mol. The molecule has 4 nitrogen and oxygen atoms in total. The molecule has 1 aromatic rings. The summed E-state index contributed by atoms with van der Waals surface area (Å²) in [5.41, 5.74) is 2.25. The maximum absolute atomic E-state index is 12.5. The Labute approximate surface area is 132 Å². The molecule has 1 fully saturated rings. The largest absolute Gasteiger partial charge is 0.401 e. The second-order valence-corrected chi connectivity index (χ2v) is 6.19. The Balaban J connectivity index is 1.64. The van der Waals surface area contributed by atoms with Gasteiger partial charge < -0.3 is 10.1 Å². The first-order chi connectivity index (χ1) is 10.9. The van der Waals surface area contributed by atoms with Crippen molar-refractivity contribution in [2.45, 2.75) is 32.1 Å². The fourth-order valence-electron chi connectivity index (χ4n) is 3.18. The number of rotatable bonds is 4. The predicted molar refractivity (Wildman–Crippen MR) is 78.8 cm³/mol. The lowest BCUT2D eigenvalue weighted by Gasteiger charge is -2.17. The minimum absolute atomic E-state index is 0.108. The van der Waals surface area contributed by atoms with Crippen molar-refractivity contribution in [1.82, 2.24) is 4.90 Å². The van der Waals surface area contributed by atoms with Crippen molar-refractivity contribution in [3.63, 3.8) is 0 Å². The van der Waals surface area contributed by atoms with E-state index in [2.05, 4.69) is 5.32 Å². The number of hydrogen-bond acceptors (Lipinski definition) is 3. The van der Waals surface area contributed by atoms with E-state index >= 15 is 0 Å². The van der Waals surface area contributed by atoms with Gasteiger partial charge in [-0.1, -0.05) is 12.1 Å². The number of nitrogens with one attached hydrogen (secondary N) is 1. The van der Waals surface area contributed by atoms with Crippen molar-refractivity contribution in [3.8, 4) is 0 Å². The third-order valence-corrected chi connectivity index (χ3v) is 4.22. The van der Waals surface area contributed by atoms with Gasteiger partial charge in [-0.3, -0.25) is 9.69 Å². The molecule has 126 valence electrons. The molecule has 1 unspecified atom stereocenters. The summed E-state index contributed by atoms with van der Waals surface area (Å²) in [5.74, 6) is 0.122. The van der Waals surface area contributed by atoms with Gasteiger partial charge in [0.2, 0.25) is 5.91 Å². The van der Waals surface area contributed by atoms with Crippen LogP contribution in [0.15, 0.2) is 18.2 Å². The number of alkyl halides is 3. The average Bonchev–Trinajstić information content (AvgIpc) is 3.06. The fourth-order valence-corrected chi connectivity index (χ4v) is 3.18. The fraction of sp³-hybridized carbons (Fsp3) is 0.562. The Hall–Kier alpha value is -1.60. The number of carbonyl (C=O) groups excluding carboxylic acids is 1. The van der Waals surface area contributed by atoms with Crippen molar-refractivity contribution in [3.05, 3.63) is 29.3 Å². The van der Waals surface area contributed by atoms with Crippen molar-refractivity contribution in [1.29, 1.82) is 0 Å². The molecule has 2 aliphatic rings. The summed E-state index contributed by atoms with van der Waals surface area (Å²) in [6.07, 6.45) is -2.95. The summed E-state index contributed by atoms with van der Waals surface area (Å²) in [6, 6.07) is 5.33. The average molecular weight is 328 g/mol. The first-order valence-electron chi connectivity index (χ1n) is 7.68. The van der Waals surface area contributed by atoms with E-state index in [4.69, 9.17) is 4.74 Å². The molecule has 1 aromatic carbocycles. The molecule has 2 aliphatic heterocycles. The van der Waals surface area contributed by atoms with E-state index in [0.717, 1.165) is 17.5 Å². The first-order valence-corrected chi connectivity index (χ1v) is 7.68. The summed E-state index contributed by atoms with van der Waals surface area (Å²) in [7, 11) is 0. The summed E-state index contributed by atoms with van der Waals surface area (Å²) in [5, 5.41) is 2.85. The standard InChI is InChI=1S/C16H19F3N2O2/c17-16(18,19)10-21-7-12-2-1-3-14(13(12)8-21)20-15(22)6-11-4-5-23-9-11/h1-3,11H,4-10H2,(H,20,22). The summed E-state index contributed by atoms with van der Waals surface area (Å²) in [4.78, 5) is 13.5. The second kappa shape index (κ2) is 6.49. The number of ether oxygens (including phenoxy) is 1. The van der Waals surface area contributed by atoms with Gasteiger partial charge in [-0.25, -0.2) is 0 Å². The Kier molecular flexibility index (Phi) is 4.59. The van der Waals surface area contributed by atoms with Gasteiger partial charge >= 0.3 is 6.18 Å². The van der Waals surface area contributed by atoms with Crippen LogP contribution in [0.2, 0.25) is 0 Å². The number of nitrogens with zero attached hydrogens (tertiary/aromatic N) is 1. The molecule has 23 heavy (non-hydrogen) atoms. The highest BCUT2D eigenvalue weighted by molar-refractivity contribution is 5.92. The molecule has 7 heteroatoms. The van der Waals surface area contributed by atoms with Crippen LogP contribution < -0.4 is 5.32 Å². The Morgan fingerprint density at radius 3 is 2.87 bits per heavy atom. The number of benzene rings is 1. The van der Waals surface area contributed by atoms with E-state index in [0.29, 0.717) is 25.3 Å². The SMILES string of the molecule is O=C(CC1CCOC1)Nc1cccc2c1CN(CC(F)(F)F)C2. The Morgan fingerprint density at radius 2 is 2.17 bits per heavy atom. The number of hydrogen-bond donors (Lipinski definition) is 1. The maximum atomic E-state index is 12.5. The highest BCUT2D eigenvalue weighted by Crippen LogP contribution is 2.31. The molecular formula is C16H19F3N2O2. The van der Waals surface area contributed by atoms with E-state index in [-0.39, 0.29) is 24.9 Å². The lowest BCUT2D eigenvalue weighted by molar-refractivity contribution is -0.147. The molecular weight excluding hydrogens is 309 g/mol. The van der Waals surface area contributed by atoms with Crippen LogP contribution >= 0.6 is 0 Å². The molecule has 0 aromatic heterocycles. The van der Waals surface area contributed by atoms with Crippen LogP contribution in [0.4, 0.5) is 18.9 Å². The minimum atomic E-state index is -4.21. The summed E-state index contributed by atoms with van der Waals surface area (Å²) in [6.45, 7) is 0.812. The van der Waals surface area contributed by atoms with Crippen LogP contribution in [0.3, 0.4) is 0 Å². The van der Waals surface area contributed by atoms with Crippen LogP contribution in [0.5, 0.6) is 0 Å². The molecule has 2 heterocycles. The van der Waals surface area contributed by atoms with E-state index < -0.39 is 12.7 Å². The molecule has 3 rings (SSSR count). The zero-order valence-corrected chi connectivity index (χ0v) is 12.7. The summed E-state index contributed by atoms with van der Waals surface area (Å²) < 4.78 is 42.9. The topological polar surface area (TPSA) is 41.6 Å². The van der Waals surface area contributed by atoms with Crippen LogP contribution in [0, 0.1) is 5.92 Å². The van der Waals surface area contributed by atoms with E-state index in [1.165, 1.54) is 4.90 Å². The molecule has 1 saturated heterocycles. The van der Waals surface area contributed by atoms with E-state index in [9.17, 15) is 18.0 Å². The van der Waals surface area contributed by atoms with Gasteiger partial charge in [0.1, 0.15) is 0 Å². The minimum Gasteiger partial charge on any atom is -0.381 e. The van der Waals surface area contributed by atoms with E-state index in [1.807, 2.05) is 6.07 Å². The van der Waals surface area contributed by atoms with Crippen molar-refractivity contribution in [2.24, 2.45) is 5.92 Å². The van der Waals surface area contributed by atoms with Gasteiger partial charge in [0.05, 0.1) is 6.54 Å². The van der Waals surface area contributed by atoms with Crippen molar-refractivity contribution in [2.75, 3.05) is 25.1 Å². The van der Waals surface area contributed by atoms with Crippen LogP contribution in [0.1, 0.15) is 24.0 Å². The van der Waals surface area contributed by atoms with Crippen molar-refractivity contribution < 1.29 is 22.7 Å². The molecule has 0 aliphatic carbocycles. The number of fused-ring (bicyclic) bond motifs is 1. The number of amides is 1. The zero-order chi connectivity index (χ0) is 16.4. The smallest absolute Gasteiger partial charge is 0.381 e. The lowest BCUT2D eigenvalue weighted by atomic mass is 10.0.